The Kier molecular flexibility index (Phi) is 2.38. The molecule has 3 heteroatoms. The van der Waals surface area contributed by atoms with Crippen LogP contribution >= 0.6 is 11.3 Å². The van der Waals surface area contributed by atoms with Gasteiger partial charge in [0.05, 0.1) is 10.2 Å². The highest BCUT2D eigenvalue weighted by molar-refractivity contribution is 7.26. The van der Waals surface area contributed by atoms with Crippen LogP contribution in [-0.4, -0.2) is 4.68 Å². The Bertz CT molecular complexity index is 916. The van der Waals surface area contributed by atoms with Crippen molar-refractivity contribution in [3.8, 4) is 11.1 Å². The normalized spacial score (nSPS) is 11.4. The summed E-state index contributed by atoms with van der Waals surface area (Å²) in [6.07, 6.45) is 0. The van der Waals surface area contributed by atoms with E-state index in [1.54, 1.807) is 0 Å². The fourth-order valence-electron chi connectivity index (χ4n) is 2.84. The van der Waals surface area contributed by atoms with E-state index in [1.807, 2.05) is 22.1 Å². The smallest absolute Gasteiger partial charge is 0.0886 e. The van der Waals surface area contributed by atoms with Crippen molar-refractivity contribution >= 4 is 31.6 Å². The second-order valence-electron chi connectivity index (χ2n) is 4.97. The Morgan fingerprint density at radius 2 is 1.65 bits per heavy atom. The van der Waals surface area contributed by atoms with Gasteiger partial charge in [0, 0.05) is 21.3 Å². The van der Waals surface area contributed by atoms with Gasteiger partial charge in [-0.3, -0.25) is 4.68 Å². The summed E-state index contributed by atoms with van der Waals surface area (Å²) in [7, 11) is 0. The molecular formula is C17H14N2S. The molecule has 0 atom stereocenters. The number of nitrogens with zero attached hydrogens (tertiary/aromatic N) is 1. The highest BCUT2D eigenvalue weighted by Crippen LogP contribution is 2.42. The van der Waals surface area contributed by atoms with Crippen LogP contribution in [0.25, 0.3) is 31.4 Å². The second kappa shape index (κ2) is 4.12. The van der Waals surface area contributed by atoms with E-state index >= 15 is 0 Å². The lowest BCUT2D eigenvalue weighted by Gasteiger charge is -2.03. The molecule has 20 heavy (non-hydrogen) atoms. The summed E-state index contributed by atoms with van der Waals surface area (Å²) in [6, 6.07) is 18.9. The SMILES string of the molecule is Cc1c(-c2ccccc2)c2sc3ccccc3c2n1N. The Balaban J connectivity index is 2.19. The zero-order valence-corrected chi connectivity index (χ0v) is 11.9. The minimum Gasteiger partial charge on any atom is -0.339 e. The number of rotatable bonds is 1. The van der Waals surface area contributed by atoms with E-state index in [9.17, 15) is 0 Å². The molecule has 0 aliphatic heterocycles. The van der Waals surface area contributed by atoms with E-state index in [-0.39, 0.29) is 0 Å². The topological polar surface area (TPSA) is 30.9 Å². The number of hydrogen-bond donors (Lipinski definition) is 1. The van der Waals surface area contributed by atoms with Gasteiger partial charge >= 0.3 is 0 Å². The first-order valence-corrected chi connectivity index (χ1v) is 7.42. The fraction of sp³-hybridized carbons (Fsp3) is 0.0588. The molecule has 0 amide bonds. The van der Waals surface area contributed by atoms with Crippen molar-refractivity contribution in [3.05, 3.63) is 60.3 Å². The van der Waals surface area contributed by atoms with E-state index in [2.05, 4.69) is 55.5 Å². The van der Waals surface area contributed by atoms with E-state index in [1.165, 1.54) is 25.9 Å². The molecular weight excluding hydrogens is 264 g/mol. The van der Waals surface area contributed by atoms with Crippen LogP contribution < -0.4 is 5.84 Å². The standard InChI is InChI=1S/C17H14N2S/c1-11-15(12-7-3-2-4-8-12)17-16(19(11)18)13-9-5-6-10-14(13)20-17/h2-10H,18H2,1H3. The highest BCUT2D eigenvalue weighted by Gasteiger charge is 2.18. The molecule has 2 heterocycles. The number of thiophene rings is 1. The summed E-state index contributed by atoms with van der Waals surface area (Å²) < 4.78 is 4.39. The fourth-order valence-corrected chi connectivity index (χ4v) is 4.15. The van der Waals surface area contributed by atoms with E-state index < -0.39 is 0 Å². The lowest BCUT2D eigenvalue weighted by atomic mass is 10.1. The van der Waals surface area contributed by atoms with Crippen LogP contribution in [0.2, 0.25) is 0 Å². The first kappa shape index (κ1) is 11.6. The lowest BCUT2D eigenvalue weighted by Crippen LogP contribution is -2.09. The molecule has 0 saturated carbocycles. The maximum absolute atomic E-state index is 6.31. The van der Waals surface area contributed by atoms with Crippen LogP contribution in [0.5, 0.6) is 0 Å². The van der Waals surface area contributed by atoms with Crippen LogP contribution in [0.3, 0.4) is 0 Å². The third-order valence-corrected chi connectivity index (χ3v) is 5.00. The van der Waals surface area contributed by atoms with Gasteiger partial charge in [-0.25, -0.2) is 0 Å². The summed E-state index contributed by atoms with van der Waals surface area (Å²) in [4.78, 5) is 0. The van der Waals surface area contributed by atoms with Crippen LogP contribution in [0.15, 0.2) is 54.6 Å². The molecule has 0 radical (unpaired) electrons. The molecule has 0 fully saturated rings. The van der Waals surface area contributed by atoms with Crippen LogP contribution in [-0.2, 0) is 0 Å². The van der Waals surface area contributed by atoms with Gasteiger partial charge in [0.1, 0.15) is 0 Å². The van der Waals surface area contributed by atoms with Crippen molar-refractivity contribution in [2.24, 2.45) is 0 Å². The summed E-state index contributed by atoms with van der Waals surface area (Å²) in [6.45, 7) is 2.09. The van der Waals surface area contributed by atoms with E-state index in [4.69, 9.17) is 5.84 Å². The van der Waals surface area contributed by atoms with Crippen LogP contribution in [0, 0.1) is 6.92 Å². The summed E-state index contributed by atoms with van der Waals surface area (Å²) in [5, 5.41) is 1.24. The van der Waals surface area contributed by atoms with Gasteiger partial charge in [0.15, 0.2) is 0 Å². The number of fused-ring (bicyclic) bond motifs is 3. The summed E-state index contributed by atoms with van der Waals surface area (Å²) in [5.41, 5.74) is 4.74. The number of hydrogen-bond acceptors (Lipinski definition) is 2. The number of aromatic nitrogens is 1. The molecule has 0 unspecified atom stereocenters. The second-order valence-corrected chi connectivity index (χ2v) is 6.02. The van der Waals surface area contributed by atoms with Gasteiger partial charge in [0.2, 0.25) is 0 Å². The molecule has 0 aliphatic rings. The molecule has 4 aromatic rings. The first-order valence-electron chi connectivity index (χ1n) is 6.60. The molecule has 2 aromatic heterocycles. The Labute approximate surface area is 121 Å². The van der Waals surface area contributed by atoms with Crippen molar-refractivity contribution in [3.63, 3.8) is 0 Å². The highest BCUT2D eigenvalue weighted by atomic mass is 32.1. The van der Waals surface area contributed by atoms with Crippen molar-refractivity contribution in [1.82, 2.24) is 4.68 Å². The molecule has 2 nitrogen and oxygen atoms in total. The molecule has 4 rings (SSSR count). The largest absolute Gasteiger partial charge is 0.339 e. The van der Waals surface area contributed by atoms with Crippen molar-refractivity contribution in [2.45, 2.75) is 6.92 Å². The van der Waals surface area contributed by atoms with Crippen molar-refractivity contribution in [2.75, 3.05) is 5.84 Å². The molecule has 98 valence electrons. The quantitative estimate of drug-likeness (QED) is 0.509. The number of nitrogen functional groups attached to an aromatic ring is 1. The minimum absolute atomic E-state index is 1.11. The maximum Gasteiger partial charge on any atom is 0.0886 e. The average molecular weight is 278 g/mol. The monoisotopic (exact) mass is 278 g/mol. The molecule has 0 aliphatic carbocycles. The zero-order valence-electron chi connectivity index (χ0n) is 11.1. The molecule has 0 bridgehead atoms. The van der Waals surface area contributed by atoms with E-state index in [0.29, 0.717) is 0 Å². The van der Waals surface area contributed by atoms with E-state index in [0.717, 1.165) is 11.2 Å². The van der Waals surface area contributed by atoms with Gasteiger partial charge in [-0.2, -0.15) is 0 Å². The lowest BCUT2D eigenvalue weighted by molar-refractivity contribution is 1.01. The van der Waals surface area contributed by atoms with Crippen molar-refractivity contribution < 1.29 is 0 Å². The van der Waals surface area contributed by atoms with Gasteiger partial charge in [-0.05, 0) is 18.6 Å². The average Bonchev–Trinajstić information content (AvgIpc) is 2.96. The molecule has 2 N–H and O–H groups in total. The van der Waals surface area contributed by atoms with Gasteiger partial charge < -0.3 is 5.84 Å². The Morgan fingerprint density at radius 1 is 0.950 bits per heavy atom. The third kappa shape index (κ3) is 1.44. The Morgan fingerprint density at radius 3 is 2.45 bits per heavy atom. The minimum atomic E-state index is 1.11. The van der Waals surface area contributed by atoms with Gasteiger partial charge in [0.25, 0.3) is 0 Å². The van der Waals surface area contributed by atoms with Gasteiger partial charge in [-0.1, -0.05) is 48.5 Å². The first-order chi connectivity index (χ1) is 9.77. The molecule has 2 aromatic carbocycles. The summed E-state index contributed by atoms with van der Waals surface area (Å²) >= 11 is 1.82. The maximum atomic E-state index is 6.31. The zero-order chi connectivity index (χ0) is 13.7. The molecule has 0 spiro atoms. The van der Waals surface area contributed by atoms with Crippen LogP contribution in [0.4, 0.5) is 0 Å². The number of benzene rings is 2. The van der Waals surface area contributed by atoms with Crippen molar-refractivity contribution in [1.29, 1.82) is 0 Å². The number of nitrogens with two attached hydrogens (primary N) is 1. The third-order valence-electron chi connectivity index (χ3n) is 3.82. The summed E-state index contributed by atoms with van der Waals surface area (Å²) in [5.74, 6) is 6.31. The van der Waals surface area contributed by atoms with Crippen LogP contribution in [0.1, 0.15) is 5.69 Å². The van der Waals surface area contributed by atoms with Gasteiger partial charge in [-0.15, -0.1) is 11.3 Å². The predicted octanol–water partition coefficient (Wildman–Crippen LogP) is 4.55. The Hall–Kier alpha value is -2.26. The predicted molar refractivity (Wildman–Crippen MR) is 87.6 cm³/mol. The molecule has 0 saturated heterocycles.